The highest BCUT2D eigenvalue weighted by atomic mass is 79.9. The van der Waals surface area contributed by atoms with Crippen molar-refractivity contribution >= 4 is 33.6 Å². The summed E-state index contributed by atoms with van der Waals surface area (Å²) >= 11 is 3.17. The van der Waals surface area contributed by atoms with Crippen molar-refractivity contribution in [2.75, 3.05) is 11.9 Å². The number of carbonyl (C=O) groups is 2. The number of amides is 2. The first-order chi connectivity index (χ1) is 8.49. The molecule has 0 unspecified atom stereocenters. The van der Waals surface area contributed by atoms with Gasteiger partial charge in [0, 0.05) is 17.4 Å². The number of hydrogen-bond acceptors (Lipinski definition) is 2. The van der Waals surface area contributed by atoms with E-state index < -0.39 is 17.8 Å². The molecular formula is C11H12BrFN2O3. The maximum atomic E-state index is 12.9. The zero-order valence-electron chi connectivity index (χ0n) is 9.37. The Morgan fingerprint density at radius 2 is 2.11 bits per heavy atom. The summed E-state index contributed by atoms with van der Waals surface area (Å²) in [5, 5.41) is 13.3. The summed E-state index contributed by atoms with van der Waals surface area (Å²) in [6, 6.07) is 3.42. The third kappa shape index (κ3) is 5.13. The van der Waals surface area contributed by atoms with Crippen molar-refractivity contribution in [2.45, 2.75) is 12.8 Å². The van der Waals surface area contributed by atoms with Gasteiger partial charge in [-0.05, 0) is 40.5 Å². The second kappa shape index (κ2) is 6.95. The monoisotopic (exact) mass is 318 g/mol. The fraction of sp³-hybridized carbons (Fsp3) is 0.273. The highest BCUT2D eigenvalue weighted by Crippen LogP contribution is 2.22. The number of rotatable bonds is 5. The van der Waals surface area contributed by atoms with Crippen LogP contribution in [0.4, 0.5) is 14.9 Å². The largest absolute Gasteiger partial charge is 0.481 e. The molecule has 2 amide bonds. The van der Waals surface area contributed by atoms with Crippen LogP contribution in [0.3, 0.4) is 0 Å². The minimum atomic E-state index is -0.912. The fourth-order valence-electron chi connectivity index (χ4n) is 1.20. The minimum Gasteiger partial charge on any atom is -0.481 e. The Morgan fingerprint density at radius 3 is 2.78 bits per heavy atom. The summed E-state index contributed by atoms with van der Waals surface area (Å²) in [4.78, 5) is 21.6. The van der Waals surface area contributed by atoms with Crippen LogP contribution in [0.15, 0.2) is 22.7 Å². The van der Waals surface area contributed by atoms with Gasteiger partial charge in [-0.15, -0.1) is 0 Å². The molecule has 0 saturated heterocycles. The van der Waals surface area contributed by atoms with Crippen LogP contribution in [-0.2, 0) is 4.79 Å². The van der Waals surface area contributed by atoms with Gasteiger partial charge in [-0.25, -0.2) is 9.18 Å². The van der Waals surface area contributed by atoms with Gasteiger partial charge in [0.2, 0.25) is 0 Å². The van der Waals surface area contributed by atoms with E-state index in [-0.39, 0.29) is 13.0 Å². The Bertz CT molecular complexity index is 454. The van der Waals surface area contributed by atoms with Gasteiger partial charge in [0.15, 0.2) is 0 Å². The fourth-order valence-corrected chi connectivity index (χ4v) is 1.55. The molecule has 0 bridgehead atoms. The molecule has 0 fully saturated rings. The normalized spacial score (nSPS) is 9.89. The number of carboxylic acids is 1. The van der Waals surface area contributed by atoms with E-state index in [1.807, 2.05) is 0 Å². The average molecular weight is 319 g/mol. The van der Waals surface area contributed by atoms with E-state index in [4.69, 9.17) is 5.11 Å². The predicted octanol–water partition coefficient (Wildman–Crippen LogP) is 2.57. The summed E-state index contributed by atoms with van der Waals surface area (Å²) < 4.78 is 13.5. The summed E-state index contributed by atoms with van der Waals surface area (Å²) in [6.07, 6.45) is 0.330. The van der Waals surface area contributed by atoms with Crippen LogP contribution >= 0.6 is 15.9 Å². The first-order valence-electron chi connectivity index (χ1n) is 5.20. The van der Waals surface area contributed by atoms with Crippen LogP contribution in [0.25, 0.3) is 0 Å². The van der Waals surface area contributed by atoms with E-state index in [2.05, 4.69) is 26.6 Å². The Balaban J connectivity index is 2.40. The van der Waals surface area contributed by atoms with Gasteiger partial charge in [-0.3, -0.25) is 4.79 Å². The number of hydrogen-bond donors (Lipinski definition) is 3. The topological polar surface area (TPSA) is 78.4 Å². The van der Waals surface area contributed by atoms with E-state index in [1.165, 1.54) is 18.2 Å². The molecular weight excluding hydrogens is 307 g/mol. The van der Waals surface area contributed by atoms with Gasteiger partial charge >= 0.3 is 12.0 Å². The van der Waals surface area contributed by atoms with Crippen molar-refractivity contribution in [3.8, 4) is 0 Å². The summed E-state index contributed by atoms with van der Waals surface area (Å²) in [5.74, 6) is -1.37. The lowest BCUT2D eigenvalue weighted by molar-refractivity contribution is -0.137. The molecule has 1 aromatic carbocycles. The Kier molecular flexibility index (Phi) is 5.57. The molecule has 1 aromatic rings. The number of benzene rings is 1. The number of nitrogens with one attached hydrogen (secondary N) is 2. The molecule has 3 N–H and O–H groups in total. The molecule has 1 rings (SSSR count). The SMILES string of the molecule is O=C(O)CCCNC(=O)Nc1cc(F)ccc1Br. The van der Waals surface area contributed by atoms with E-state index in [0.29, 0.717) is 16.6 Å². The summed E-state index contributed by atoms with van der Waals surface area (Å²) in [6.45, 7) is 0.241. The highest BCUT2D eigenvalue weighted by Gasteiger charge is 2.06. The van der Waals surface area contributed by atoms with Crippen molar-refractivity contribution in [1.29, 1.82) is 0 Å². The number of aliphatic carboxylic acids is 1. The first-order valence-corrected chi connectivity index (χ1v) is 6.00. The molecule has 18 heavy (non-hydrogen) atoms. The van der Waals surface area contributed by atoms with Gasteiger partial charge in [0.25, 0.3) is 0 Å². The number of urea groups is 1. The predicted molar refractivity (Wildman–Crippen MR) is 68.0 cm³/mol. The van der Waals surface area contributed by atoms with Crippen LogP contribution in [0, 0.1) is 5.82 Å². The van der Waals surface area contributed by atoms with Gasteiger partial charge in [0.05, 0.1) is 5.69 Å². The molecule has 5 nitrogen and oxygen atoms in total. The molecule has 0 saturated carbocycles. The molecule has 0 aliphatic rings. The van der Waals surface area contributed by atoms with E-state index in [0.717, 1.165) is 0 Å². The Hall–Kier alpha value is -1.63. The summed E-state index contributed by atoms with van der Waals surface area (Å²) in [5.41, 5.74) is 0.311. The maximum absolute atomic E-state index is 12.9. The quantitative estimate of drug-likeness (QED) is 0.730. The Labute approximate surface area is 112 Å². The van der Waals surface area contributed by atoms with Crippen molar-refractivity contribution < 1.29 is 19.1 Å². The molecule has 0 spiro atoms. The smallest absolute Gasteiger partial charge is 0.319 e. The van der Waals surface area contributed by atoms with Gasteiger partial charge < -0.3 is 15.7 Å². The van der Waals surface area contributed by atoms with E-state index in [9.17, 15) is 14.0 Å². The Morgan fingerprint density at radius 1 is 1.39 bits per heavy atom. The van der Waals surface area contributed by atoms with Crippen molar-refractivity contribution in [2.24, 2.45) is 0 Å². The molecule has 7 heteroatoms. The lowest BCUT2D eigenvalue weighted by atomic mass is 10.3. The average Bonchev–Trinajstić information content (AvgIpc) is 2.29. The van der Waals surface area contributed by atoms with Crippen LogP contribution < -0.4 is 10.6 Å². The zero-order valence-corrected chi connectivity index (χ0v) is 11.0. The van der Waals surface area contributed by atoms with Crippen molar-refractivity contribution in [1.82, 2.24) is 5.32 Å². The van der Waals surface area contributed by atoms with Crippen molar-refractivity contribution in [3.63, 3.8) is 0 Å². The van der Waals surface area contributed by atoms with Crippen LogP contribution in [0.5, 0.6) is 0 Å². The molecule has 0 atom stereocenters. The molecule has 0 heterocycles. The number of halogens is 2. The number of carbonyl (C=O) groups excluding carboxylic acids is 1. The van der Waals surface area contributed by atoms with Gasteiger partial charge in [-0.2, -0.15) is 0 Å². The highest BCUT2D eigenvalue weighted by molar-refractivity contribution is 9.10. The standard InChI is InChI=1S/C11H12BrFN2O3/c12-8-4-3-7(13)6-9(8)15-11(18)14-5-1-2-10(16)17/h3-4,6H,1-2,5H2,(H,16,17)(H2,14,15,18). The van der Waals surface area contributed by atoms with Crippen molar-refractivity contribution in [3.05, 3.63) is 28.5 Å². The van der Waals surface area contributed by atoms with Crippen LogP contribution in [0.2, 0.25) is 0 Å². The minimum absolute atomic E-state index is 0.00998. The molecule has 98 valence electrons. The first kappa shape index (κ1) is 14.4. The number of anilines is 1. The maximum Gasteiger partial charge on any atom is 0.319 e. The third-order valence-electron chi connectivity index (χ3n) is 2.03. The molecule has 0 aliphatic heterocycles. The van der Waals surface area contributed by atoms with E-state index >= 15 is 0 Å². The van der Waals surface area contributed by atoms with Crippen LogP contribution in [0.1, 0.15) is 12.8 Å². The lowest BCUT2D eigenvalue weighted by Gasteiger charge is -2.08. The van der Waals surface area contributed by atoms with E-state index in [1.54, 1.807) is 0 Å². The second-order valence-corrected chi connectivity index (χ2v) is 4.36. The molecule has 0 radical (unpaired) electrons. The van der Waals surface area contributed by atoms with Gasteiger partial charge in [-0.1, -0.05) is 0 Å². The van der Waals surface area contributed by atoms with Gasteiger partial charge in [0.1, 0.15) is 5.82 Å². The zero-order chi connectivity index (χ0) is 13.5. The number of carboxylic acid groups (broad SMARTS) is 1. The van der Waals surface area contributed by atoms with Crippen LogP contribution in [-0.4, -0.2) is 23.7 Å². The molecule has 0 aromatic heterocycles. The summed E-state index contributed by atoms with van der Waals surface area (Å²) in [7, 11) is 0. The third-order valence-corrected chi connectivity index (χ3v) is 2.72. The lowest BCUT2D eigenvalue weighted by Crippen LogP contribution is -2.29. The molecule has 0 aliphatic carbocycles. The second-order valence-electron chi connectivity index (χ2n) is 3.50.